The monoisotopic (exact) mass is 460 g/mol. The molecule has 1 amide bonds. The molecule has 2 aromatic carbocycles. The lowest BCUT2D eigenvalue weighted by Crippen LogP contribution is -2.35. The van der Waals surface area contributed by atoms with Gasteiger partial charge in [0.2, 0.25) is 10.2 Å². The van der Waals surface area contributed by atoms with Crippen molar-refractivity contribution in [3.63, 3.8) is 0 Å². The van der Waals surface area contributed by atoms with Gasteiger partial charge in [0.05, 0.1) is 5.57 Å². The number of halogens is 3. The van der Waals surface area contributed by atoms with E-state index >= 15 is 0 Å². The highest BCUT2D eigenvalue weighted by molar-refractivity contribution is 8.27. The summed E-state index contributed by atoms with van der Waals surface area (Å²) in [5, 5.41) is 10.8. The first-order chi connectivity index (χ1) is 15.3. The molecule has 2 aromatic rings. The van der Waals surface area contributed by atoms with E-state index in [0.717, 1.165) is 5.75 Å². The van der Waals surface area contributed by atoms with E-state index in [0.29, 0.717) is 22.9 Å². The van der Waals surface area contributed by atoms with E-state index in [2.05, 4.69) is 10.1 Å². The highest BCUT2D eigenvalue weighted by Gasteiger charge is 2.46. The summed E-state index contributed by atoms with van der Waals surface area (Å²) < 4.78 is 49.9. The molecule has 1 N–H and O–H groups in total. The lowest BCUT2D eigenvalue weighted by molar-refractivity contribution is -0.114. The van der Waals surface area contributed by atoms with Crippen molar-refractivity contribution in [2.24, 2.45) is 10.1 Å². The summed E-state index contributed by atoms with van der Waals surface area (Å²) in [5.74, 6) is -0.0614. The second-order valence-corrected chi connectivity index (χ2v) is 7.46. The van der Waals surface area contributed by atoms with Crippen LogP contribution in [0.15, 0.2) is 70.3 Å². The number of benzene rings is 2. The van der Waals surface area contributed by atoms with Gasteiger partial charge in [-0.1, -0.05) is 30.3 Å². The number of amides is 1. The van der Waals surface area contributed by atoms with Crippen LogP contribution in [-0.2, 0) is 4.79 Å². The molecule has 0 unspecified atom stereocenters. The van der Waals surface area contributed by atoms with E-state index in [1.54, 1.807) is 24.3 Å². The van der Waals surface area contributed by atoms with Gasteiger partial charge in [-0.25, -0.2) is 0 Å². The first-order valence-electron chi connectivity index (χ1n) is 9.29. The Balaban J connectivity index is 1.44. The quantitative estimate of drug-likeness (QED) is 0.512. The van der Waals surface area contributed by atoms with E-state index in [-0.39, 0.29) is 29.1 Å². The van der Waals surface area contributed by atoms with Gasteiger partial charge in [0.15, 0.2) is 5.84 Å². The van der Waals surface area contributed by atoms with Crippen molar-refractivity contribution in [2.75, 3.05) is 13.2 Å². The SMILES string of the molecule is N=C1/C(=C\c2cccc(OCCOc3ccccc3)c2)C(=O)N=C2SC(C(F)(F)F)=NN12. The van der Waals surface area contributed by atoms with Crippen LogP contribution in [0.2, 0.25) is 0 Å². The zero-order valence-corrected chi connectivity index (χ0v) is 17.1. The number of hydrogen-bond acceptors (Lipinski definition) is 6. The van der Waals surface area contributed by atoms with E-state index < -0.39 is 23.0 Å². The Hall–Kier alpha value is -3.60. The van der Waals surface area contributed by atoms with E-state index in [1.165, 1.54) is 6.08 Å². The number of fused-ring (bicyclic) bond motifs is 1. The summed E-state index contributed by atoms with van der Waals surface area (Å²) in [4.78, 5) is 16.0. The molecule has 0 fully saturated rings. The van der Waals surface area contributed by atoms with Crippen LogP contribution in [0.25, 0.3) is 6.08 Å². The fraction of sp³-hybridized carbons (Fsp3) is 0.143. The van der Waals surface area contributed by atoms with Gasteiger partial charge in [-0.3, -0.25) is 10.2 Å². The molecule has 0 saturated carbocycles. The number of para-hydroxylation sites is 1. The smallest absolute Gasteiger partial charge is 0.441 e. The van der Waals surface area contributed by atoms with Crippen molar-refractivity contribution in [1.29, 1.82) is 5.41 Å². The number of hydrogen-bond donors (Lipinski definition) is 1. The molecule has 4 rings (SSSR count). The number of carbonyl (C=O) groups is 1. The Bertz CT molecular complexity index is 1150. The normalized spacial score (nSPS) is 17.2. The zero-order valence-electron chi connectivity index (χ0n) is 16.3. The summed E-state index contributed by atoms with van der Waals surface area (Å²) in [6.07, 6.45) is -3.32. The number of alkyl halides is 3. The van der Waals surface area contributed by atoms with Crippen LogP contribution < -0.4 is 9.47 Å². The van der Waals surface area contributed by atoms with Gasteiger partial charge in [-0.2, -0.15) is 28.3 Å². The van der Waals surface area contributed by atoms with Gasteiger partial charge in [0, 0.05) is 0 Å². The van der Waals surface area contributed by atoms with Crippen LogP contribution in [0.4, 0.5) is 13.2 Å². The zero-order chi connectivity index (χ0) is 22.7. The summed E-state index contributed by atoms with van der Waals surface area (Å²) in [6.45, 7) is 0.597. The molecule has 0 spiro atoms. The van der Waals surface area contributed by atoms with Gasteiger partial charge >= 0.3 is 6.18 Å². The van der Waals surface area contributed by atoms with Crippen LogP contribution in [0, 0.1) is 5.41 Å². The molecule has 11 heteroatoms. The van der Waals surface area contributed by atoms with Gasteiger partial charge in [-0.15, -0.1) is 0 Å². The van der Waals surface area contributed by atoms with Crippen LogP contribution in [0.1, 0.15) is 5.56 Å². The van der Waals surface area contributed by atoms with E-state index in [4.69, 9.17) is 14.9 Å². The fourth-order valence-electron chi connectivity index (χ4n) is 2.80. The standard InChI is InChI=1S/C21H15F3N4O3S/c22-21(23,24)19-27-28-17(25)16(18(29)26-20(28)32-19)12-13-5-4-8-15(11-13)31-10-9-30-14-6-2-1-3-7-14/h1-8,11-12,25H,9-10H2/b16-12+,25-17?. The average Bonchev–Trinajstić information content (AvgIpc) is 3.20. The van der Waals surface area contributed by atoms with Gasteiger partial charge in [0.1, 0.15) is 24.7 Å². The molecule has 2 heterocycles. The molecule has 0 radical (unpaired) electrons. The number of carbonyl (C=O) groups excluding carboxylic acids is 1. The summed E-state index contributed by atoms with van der Waals surface area (Å²) in [5.41, 5.74) is 0.344. The third-order valence-corrected chi connectivity index (χ3v) is 5.18. The first-order valence-corrected chi connectivity index (χ1v) is 10.1. The van der Waals surface area contributed by atoms with Gasteiger partial charge < -0.3 is 9.47 Å². The highest BCUT2D eigenvalue weighted by Crippen LogP contribution is 2.35. The van der Waals surface area contributed by atoms with E-state index in [1.807, 2.05) is 30.3 Å². The number of nitrogens with zero attached hydrogens (tertiary/aromatic N) is 3. The number of amidine groups is 2. The Morgan fingerprint density at radius 1 is 1.03 bits per heavy atom. The number of aliphatic imine (C=N–C) groups is 1. The molecule has 2 aliphatic rings. The van der Waals surface area contributed by atoms with Crippen LogP contribution in [0.3, 0.4) is 0 Å². The minimum atomic E-state index is -4.69. The molecule has 2 aliphatic heterocycles. The molecule has 0 aromatic heterocycles. The van der Waals surface area contributed by atoms with Crippen LogP contribution in [-0.4, -0.2) is 46.4 Å². The largest absolute Gasteiger partial charge is 0.490 e. The maximum Gasteiger partial charge on any atom is 0.441 e. The maximum atomic E-state index is 12.9. The Labute approximate surface area is 184 Å². The maximum absolute atomic E-state index is 12.9. The van der Waals surface area contributed by atoms with Crippen LogP contribution >= 0.6 is 11.8 Å². The van der Waals surface area contributed by atoms with Gasteiger partial charge in [0.25, 0.3) is 5.91 Å². The third-order valence-electron chi connectivity index (χ3n) is 4.23. The molecule has 0 bridgehead atoms. The molecule has 7 nitrogen and oxygen atoms in total. The molecule has 32 heavy (non-hydrogen) atoms. The number of hydrazone groups is 1. The predicted molar refractivity (Wildman–Crippen MR) is 115 cm³/mol. The topological polar surface area (TPSA) is 87.3 Å². The molecule has 0 saturated heterocycles. The van der Waals surface area contributed by atoms with Crippen molar-refractivity contribution in [1.82, 2.24) is 5.01 Å². The van der Waals surface area contributed by atoms with Crippen LogP contribution in [0.5, 0.6) is 11.5 Å². The van der Waals surface area contributed by atoms with Crippen molar-refractivity contribution >= 4 is 39.8 Å². The molecular formula is C21H15F3N4O3S. The summed E-state index contributed by atoms with van der Waals surface area (Å²) >= 11 is 0.210. The first kappa shape index (κ1) is 21.6. The van der Waals surface area contributed by atoms with Crippen molar-refractivity contribution in [3.05, 3.63) is 65.7 Å². The summed E-state index contributed by atoms with van der Waals surface area (Å²) in [6, 6.07) is 16.0. The Kier molecular flexibility index (Phi) is 5.99. The Morgan fingerprint density at radius 2 is 1.72 bits per heavy atom. The van der Waals surface area contributed by atoms with E-state index in [9.17, 15) is 18.0 Å². The lowest BCUT2D eigenvalue weighted by Gasteiger charge is -2.20. The van der Waals surface area contributed by atoms with Crippen molar-refractivity contribution < 1.29 is 27.4 Å². The second-order valence-electron chi connectivity index (χ2n) is 6.51. The highest BCUT2D eigenvalue weighted by atomic mass is 32.2. The molecule has 0 atom stereocenters. The fourth-order valence-corrected chi connectivity index (χ4v) is 3.56. The number of ether oxygens (including phenoxy) is 2. The van der Waals surface area contributed by atoms with Crippen molar-refractivity contribution in [2.45, 2.75) is 6.18 Å². The molecule has 164 valence electrons. The summed E-state index contributed by atoms with van der Waals surface area (Å²) in [7, 11) is 0. The lowest BCUT2D eigenvalue weighted by atomic mass is 10.1. The number of nitrogens with one attached hydrogen (secondary N) is 1. The molecule has 0 aliphatic carbocycles. The average molecular weight is 460 g/mol. The second kappa shape index (κ2) is 8.87. The van der Waals surface area contributed by atoms with Crippen molar-refractivity contribution in [3.8, 4) is 11.5 Å². The minimum absolute atomic E-state index is 0.175. The number of rotatable bonds is 6. The number of thioether (sulfide) groups is 1. The molecular weight excluding hydrogens is 445 g/mol. The third kappa shape index (κ3) is 4.83. The Morgan fingerprint density at radius 3 is 2.44 bits per heavy atom. The minimum Gasteiger partial charge on any atom is -0.490 e. The van der Waals surface area contributed by atoms with Gasteiger partial charge in [-0.05, 0) is 47.7 Å². The predicted octanol–water partition coefficient (Wildman–Crippen LogP) is 4.33.